The van der Waals surface area contributed by atoms with Crippen LogP contribution in [0.4, 0.5) is 5.69 Å². The molecule has 2 aromatic heterocycles. The molecule has 7 nitrogen and oxygen atoms in total. The fourth-order valence-corrected chi connectivity index (χ4v) is 5.80. The Kier molecular flexibility index (Phi) is 6.33. The molecule has 3 aromatic rings. The molecule has 0 bridgehead atoms. The Morgan fingerprint density at radius 2 is 2.19 bits per heavy atom. The number of allylic oxidation sites excluding steroid dienone is 1. The second-order valence-electron chi connectivity index (χ2n) is 7.04. The Hall–Kier alpha value is -2.78. The molecular weight excluding hydrogens is 434 g/mol. The number of carbonyl (C=O) groups is 1. The lowest BCUT2D eigenvalue weighted by molar-refractivity contribution is -0.113. The number of thiophene rings is 1. The van der Waals surface area contributed by atoms with Crippen LogP contribution in [-0.4, -0.2) is 35.4 Å². The van der Waals surface area contributed by atoms with E-state index in [2.05, 4.69) is 11.9 Å². The van der Waals surface area contributed by atoms with Crippen molar-refractivity contribution in [3.05, 3.63) is 51.6 Å². The summed E-state index contributed by atoms with van der Waals surface area (Å²) in [4.78, 5) is 32.6. The van der Waals surface area contributed by atoms with E-state index in [0.29, 0.717) is 28.9 Å². The fraction of sp³-hybridized carbons (Fsp3) is 0.318. The van der Waals surface area contributed by atoms with Gasteiger partial charge in [0.1, 0.15) is 16.3 Å². The largest absolute Gasteiger partial charge is 0.497 e. The molecule has 0 radical (unpaired) electrons. The number of rotatable bonds is 8. The zero-order chi connectivity index (χ0) is 22.0. The van der Waals surface area contributed by atoms with Gasteiger partial charge in [-0.3, -0.25) is 14.2 Å². The molecule has 0 saturated heterocycles. The smallest absolute Gasteiger partial charge is 0.263 e. The van der Waals surface area contributed by atoms with Crippen molar-refractivity contribution in [2.24, 2.45) is 0 Å². The maximum atomic E-state index is 13.2. The van der Waals surface area contributed by atoms with Gasteiger partial charge >= 0.3 is 0 Å². The van der Waals surface area contributed by atoms with Gasteiger partial charge < -0.3 is 14.8 Å². The third-order valence-electron chi connectivity index (χ3n) is 5.11. The van der Waals surface area contributed by atoms with Crippen molar-refractivity contribution in [2.75, 3.05) is 25.3 Å². The number of hydrogen-bond acceptors (Lipinski definition) is 7. The van der Waals surface area contributed by atoms with E-state index in [1.807, 2.05) is 0 Å². The second-order valence-corrected chi connectivity index (χ2v) is 9.07. The van der Waals surface area contributed by atoms with E-state index >= 15 is 0 Å². The summed E-state index contributed by atoms with van der Waals surface area (Å²) in [6, 6.07) is 5.19. The van der Waals surface area contributed by atoms with Gasteiger partial charge in [-0.2, -0.15) is 0 Å². The lowest BCUT2D eigenvalue weighted by Crippen LogP contribution is -2.24. The van der Waals surface area contributed by atoms with Crippen LogP contribution >= 0.6 is 23.1 Å². The van der Waals surface area contributed by atoms with Gasteiger partial charge in [0, 0.05) is 17.5 Å². The number of aryl methyl sites for hydroxylation is 2. The van der Waals surface area contributed by atoms with E-state index in [9.17, 15) is 9.59 Å². The molecule has 0 saturated carbocycles. The summed E-state index contributed by atoms with van der Waals surface area (Å²) in [5.74, 6) is 1.02. The number of aromatic nitrogens is 2. The first kappa shape index (κ1) is 21.5. The molecule has 0 aliphatic heterocycles. The van der Waals surface area contributed by atoms with Crippen molar-refractivity contribution in [3.63, 3.8) is 0 Å². The molecule has 1 N–H and O–H groups in total. The number of anilines is 1. The van der Waals surface area contributed by atoms with Crippen LogP contribution in [0.2, 0.25) is 0 Å². The molecule has 0 unspecified atom stereocenters. The summed E-state index contributed by atoms with van der Waals surface area (Å²) < 4.78 is 12.1. The Morgan fingerprint density at radius 3 is 2.94 bits per heavy atom. The number of carbonyl (C=O) groups excluding carboxylic acids is 1. The average Bonchev–Trinajstić information content (AvgIpc) is 3.35. The quantitative estimate of drug-likeness (QED) is 0.314. The standard InChI is InChI=1S/C22H23N3O4S2/c1-4-10-25-21(27)19-14-6-5-7-17(14)31-20(19)24-22(25)30-12-18(26)23-15-11-13(28-2)8-9-16(15)29-3/h4,8-9,11H,1,5-7,10,12H2,2-3H3,(H,23,26). The molecule has 1 aliphatic carbocycles. The highest BCUT2D eigenvalue weighted by molar-refractivity contribution is 7.99. The lowest BCUT2D eigenvalue weighted by atomic mass is 10.2. The molecule has 31 heavy (non-hydrogen) atoms. The summed E-state index contributed by atoms with van der Waals surface area (Å²) in [5.41, 5.74) is 1.62. The average molecular weight is 458 g/mol. The Balaban J connectivity index is 1.57. The van der Waals surface area contributed by atoms with Crippen LogP contribution in [0.5, 0.6) is 11.5 Å². The summed E-state index contributed by atoms with van der Waals surface area (Å²) in [6.45, 7) is 4.11. The fourth-order valence-electron chi connectivity index (χ4n) is 3.69. The molecule has 0 fully saturated rings. The summed E-state index contributed by atoms with van der Waals surface area (Å²) in [7, 11) is 3.10. The number of nitrogens with one attached hydrogen (secondary N) is 1. The maximum absolute atomic E-state index is 13.2. The van der Waals surface area contributed by atoms with Crippen LogP contribution < -0.4 is 20.3 Å². The molecule has 1 amide bonds. The van der Waals surface area contributed by atoms with E-state index in [1.165, 1.54) is 23.7 Å². The molecule has 9 heteroatoms. The number of thioether (sulfide) groups is 1. The Bertz CT molecular complexity index is 1220. The minimum Gasteiger partial charge on any atom is -0.497 e. The maximum Gasteiger partial charge on any atom is 0.263 e. The molecule has 162 valence electrons. The predicted octanol–water partition coefficient (Wildman–Crippen LogP) is 3.88. The van der Waals surface area contributed by atoms with Crippen molar-refractivity contribution in [1.29, 1.82) is 0 Å². The highest BCUT2D eigenvalue weighted by Gasteiger charge is 2.23. The summed E-state index contributed by atoms with van der Waals surface area (Å²) >= 11 is 2.83. The van der Waals surface area contributed by atoms with E-state index in [-0.39, 0.29) is 17.2 Å². The summed E-state index contributed by atoms with van der Waals surface area (Å²) in [5, 5.41) is 4.09. The van der Waals surface area contributed by atoms with E-state index in [0.717, 1.165) is 35.0 Å². The van der Waals surface area contributed by atoms with Gasteiger partial charge in [0.2, 0.25) is 5.91 Å². The monoisotopic (exact) mass is 457 g/mol. The van der Waals surface area contributed by atoms with Crippen LogP contribution in [0.3, 0.4) is 0 Å². The molecule has 1 aromatic carbocycles. The Labute approximate surface area is 188 Å². The third-order valence-corrected chi connectivity index (χ3v) is 7.28. The molecule has 2 heterocycles. The normalized spacial score (nSPS) is 12.6. The van der Waals surface area contributed by atoms with Crippen LogP contribution in [0, 0.1) is 0 Å². The van der Waals surface area contributed by atoms with E-state index in [1.54, 1.807) is 47.3 Å². The highest BCUT2D eigenvalue weighted by atomic mass is 32.2. The van der Waals surface area contributed by atoms with Crippen molar-refractivity contribution >= 4 is 44.9 Å². The lowest BCUT2D eigenvalue weighted by Gasteiger charge is -2.13. The first-order chi connectivity index (χ1) is 15.0. The first-order valence-corrected chi connectivity index (χ1v) is 11.7. The molecule has 0 spiro atoms. The third kappa shape index (κ3) is 4.20. The van der Waals surface area contributed by atoms with Crippen LogP contribution in [-0.2, 0) is 24.2 Å². The number of hydrogen-bond donors (Lipinski definition) is 1. The Morgan fingerprint density at radius 1 is 1.35 bits per heavy atom. The number of amides is 1. The van der Waals surface area contributed by atoms with Crippen LogP contribution in [0.15, 0.2) is 40.8 Å². The molecule has 1 aliphatic rings. The number of ether oxygens (including phenoxy) is 2. The van der Waals surface area contributed by atoms with Gasteiger partial charge in [-0.05, 0) is 37.0 Å². The molecular formula is C22H23N3O4S2. The first-order valence-electron chi connectivity index (χ1n) is 9.86. The molecule has 0 atom stereocenters. The zero-order valence-electron chi connectivity index (χ0n) is 17.4. The zero-order valence-corrected chi connectivity index (χ0v) is 19.0. The van der Waals surface area contributed by atoms with Crippen molar-refractivity contribution in [2.45, 2.75) is 31.0 Å². The van der Waals surface area contributed by atoms with Crippen molar-refractivity contribution in [1.82, 2.24) is 9.55 Å². The summed E-state index contributed by atoms with van der Waals surface area (Å²) in [6.07, 6.45) is 4.69. The number of nitrogens with zero attached hydrogens (tertiary/aromatic N) is 2. The minimum atomic E-state index is -0.232. The van der Waals surface area contributed by atoms with Gasteiger partial charge in [0.05, 0.1) is 31.0 Å². The van der Waals surface area contributed by atoms with Gasteiger partial charge in [0.15, 0.2) is 5.16 Å². The SMILES string of the molecule is C=CCn1c(SCC(=O)Nc2cc(OC)ccc2OC)nc2sc3c(c2c1=O)CCC3. The van der Waals surface area contributed by atoms with Gasteiger partial charge in [0.25, 0.3) is 5.56 Å². The van der Waals surface area contributed by atoms with Gasteiger partial charge in [-0.1, -0.05) is 17.8 Å². The number of fused-ring (bicyclic) bond motifs is 3. The van der Waals surface area contributed by atoms with E-state index < -0.39 is 0 Å². The molecule has 4 rings (SSSR count). The minimum absolute atomic E-state index is 0.0540. The van der Waals surface area contributed by atoms with Gasteiger partial charge in [-0.15, -0.1) is 17.9 Å². The topological polar surface area (TPSA) is 82.5 Å². The van der Waals surface area contributed by atoms with Crippen molar-refractivity contribution in [3.8, 4) is 11.5 Å². The van der Waals surface area contributed by atoms with Crippen molar-refractivity contribution < 1.29 is 14.3 Å². The van der Waals surface area contributed by atoms with Crippen LogP contribution in [0.25, 0.3) is 10.2 Å². The predicted molar refractivity (Wildman–Crippen MR) is 125 cm³/mol. The number of benzene rings is 1. The van der Waals surface area contributed by atoms with Gasteiger partial charge in [-0.25, -0.2) is 4.98 Å². The number of methoxy groups -OCH3 is 2. The van der Waals surface area contributed by atoms with E-state index in [4.69, 9.17) is 14.5 Å². The van der Waals surface area contributed by atoms with Crippen LogP contribution in [0.1, 0.15) is 16.9 Å². The second kappa shape index (κ2) is 9.15. The highest BCUT2D eigenvalue weighted by Crippen LogP contribution is 2.35.